The van der Waals surface area contributed by atoms with E-state index >= 15 is 0 Å². The third-order valence-electron chi connectivity index (χ3n) is 5.10. The van der Waals surface area contributed by atoms with Gasteiger partial charge in [-0.2, -0.15) is 0 Å². The first kappa shape index (κ1) is 19.9. The molecule has 3 atom stereocenters. The zero-order valence-corrected chi connectivity index (χ0v) is 17.1. The van der Waals surface area contributed by atoms with Crippen molar-refractivity contribution in [1.29, 1.82) is 0 Å². The molecular weight excluding hydrogens is 332 g/mol. The van der Waals surface area contributed by atoms with E-state index in [9.17, 15) is 4.79 Å². The smallest absolute Gasteiger partial charge is 0.330 e. The zero-order chi connectivity index (χ0) is 18.7. The van der Waals surface area contributed by atoms with Crippen molar-refractivity contribution < 1.29 is 18.7 Å². The average molecular weight is 363 g/mol. The molecule has 1 fully saturated rings. The summed E-state index contributed by atoms with van der Waals surface area (Å²) in [5.74, 6) is -0.339. The minimum absolute atomic E-state index is 0.0267. The molecule has 138 valence electrons. The van der Waals surface area contributed by atoms with Crippen LogP contribution in [0.4, 0.5) is 0 Å². The Morgan fingerprint density at radius 2 is 1.92 bits per heavy atom. The summed E-state index contributed by atoms with van der Waals surface area (Å²) >= 11 is 0. The van der Waals surface area contributed by atoms with Crippen LogP contribution in [-0.4, -0.2) is 33.6 Å². The lowest BCUT2D eigenvalue weighted by Crippen LogP contribution is -2.42. The van der Waals surface area contributed by atoms with Crippen molar-refractivity contribution in [3.63, 3.8) is 0 Å². The number of carbonyl (C=O) groups excluding carboxylic acids is 1. The Labute approximate surface area is 152 Å². The molecule has 0 aliphatic carbocycles. The molecule has 1 aliphatic heterocycles. The lowest BCUT2D eigenvalue weighted by Gasteiger charge is -2.39. The highest BCUT2D eigenvalue weighted by Crippen LogP contribution is 2.45. The molecule has 1 saturated heterocycles. The molecule has 0 saturated carbocycles. The summed E-state index contributed by atoms with van der Waals surface area (Å²) in [7, 11) is -0.554. The largest absolute Gasteiger partial charge is 0.466 e. The molecule has 1 aromatic carbocycles. The highest BCUT2D eigenvalue weighted by Gasteiger charge is 2.49. The van der Waals surface area contributed by atoms with Gasteiger partial charge in [-0.05, 0) is 30.1 Å². The Hall–Kier alpha value is -1.43. The van der Waals surface area contributed by atoms with E-state index in [4.69, 9.17) is 9.16 Å². The maximum Gasteiger partial charge on any atom is 0.330 e. The van der Waals surface area contributed by atoms with Gasteiger partial charge in [-0.15, -0.1) is 0 Å². The first-order chi connectivity index (χ1) is 11.7. The Bertz CT molecular complexity index is 604. The maximum absolute atomic E-state index is 11.2. The molecular formula is C20H30O4Si. The molecule has 0 bridgehead atoms. The van der Waals surface area contributed by atoms with E-state index in [-0.39, 0.29) is 29.3 Å². The van der Waals surface area contributed by atoms with Crippen LogP contribution in [0.3, 0.4) is 0 Å². The molecule has 0 spiro atoms. The molecule has 1 aliphatic rings. The molecule has 0 amide bonds. The minimum Gasteiger partial charge on any atom is -0.466 e. The predicted molar refractivity (Wildman–Crippen MR) is 102 cm³/mol. The van der Waals surface area contributed by atoms with Crippen LogP contribution in [-0.2, 0) is 18.7 Å². The number of rotatable bonds is 7. The van der Waals surface area contributed by atoms with Crippen molar-refractivity contribution >= 4 is 14.3 Å². The highest BCUT2D eigenvalue weighted by molar-refractivity contribution is 6.74. The van der Waals surface area contributed by atoms with E-state index in [0.717, 1.165) is 5.56 Å². The number of benzene rings is 1. The van der Waals surface area contributed by atoms with Crippen LogP contribution in [0.5, 0.6) is 0 Å². The number of methoxy groups -OCH3 is 1. The summed E-state index contributed by atoms with van der Waals surface area (Å²) in [4.78, 5) is 11.2. The van der Waals surface area contributed by atoms with Gasteiger partial charge in [0, 0.05) is 6.08 Å². The van der Waals surface area contributed by atoms with Crippen LogP contribution < -0.4 is 0 Å². The van der Waals surface area contributed by atoms with Gasteiger partial charge in [0.05, 0.1) is 19.3 Å². The molecule has 25 heavy (non-hydrogen) atoms. The van der Waals surface area contributed by atoms with Gasteiger partial charge in [0.15, 0.2) is 8.32 Å². The second-order valence-corrected chi connectivity index (χ2v) is 12.8. The van der Waals surface area contributed by atoms with Gasteiger partial charge >= 0.3 is 5.97 Å². The van der Waals surface area contributed by atoms with Crippen molar-refractivity contribution in [3.05, 3.63) is 48.0 Å². The normalized spacial score (nSPS) is 22.0. The van der Waals surface area contributed by atoms with E-state index in [2.05, 4.69) is 50.7 Å². The van der Waals surface area contributed by atoms with Crippen LogP contribution in [0.15, 0.2) is 42.5 Å². The Kier molecular flexibility index (Phi) is 6.24. The van der Waals surface area contributed by atoms with Crippen molar-refractivity contribution in [2.24, 2.45) is 0 Å². The van der Waals surface area contributed by atoms with Crippen LogP contribution in [0.25, 0.3) is 0 Å². The topological polar surface area (TPSA) is 48.1 Å². The molecule has 0 N–H and O–H groups in total. The fourth-order valence-electron chi connectivity index (χ4n) is 2.44. The number of hydrogen-bond donors (Lipinski definition) is 0. The summed E-state index contributed by atoms with van der Waals surface area (Å²) in [6, 6.07) is 10.3. The fourth-order valence-corrected chi connectivity index (χ4v) is 3.70. The summed E-state index contributed by atoms with van der Waals surface area (Å²) in [6.45, 7) is 11.2. The third kappa shape index (κ3) is 5.27. The van der Waals surface area contributed by atoms with Crippen LogP contribution in [0.2, 0.25) is 18.1 Å². The van der Waals surface area contributed by atoms with Crippen molar-refractivity contribution in [2.75, 3.05) is 7.11 Å². The number of carbonyl (C=O) groups is 1. The van der Waals surface area contributed by atoms with E-state index < -0.39 is 8.32 Å². The molecule has 5 heteroatoms. The molecule has 0 aromatic heterocycles. The Morgan fingerprint density at radius 3 is 2.48 bits per heavy atom. The number of ether oxygens (including phenoxy) is 2. The molecule has 1 aromatic rings. The average Bonchev–Trinajstić information content (AvgIpc) is 3.31. The van der Waals surface area contributed by atoms with Crippen molar-refractivity contribution in [2.45, 2.75) is 63.6 Å². The molecule has 4 nitrogen and oxygen atoms in total. The predicted octanol–water partition coefficient (Wildman–Crippen LogP) is 4.64. The second kappa shape index (κ2) is 7.85. The second-order valence-electron chi connectivity index (χ2n) is 8.01. The Morgan fingerprint density at radius 1 is 1.28 bits per heavy atom. The van der Waals surface area contributed by atoms with Crippen molar-refractivity contribution in [1.82, 2.24) is 0 Å². The van der Waals surface area contributed by atoms with Gasteiger partial charge in [0.2, 0.25) is 0 Å². The van der Waals surface area contributed by atoms with Crippen LogP contribution >= 0.6 is 0 Å². The van der Waals surface area contributed by atoms with E-state index in [1.54, 1.807) is 0 Å². The molecule has 0 unspecified atom stereocenters. The zero-order valence-electron chi connectivity index (χ0n) is 16.1. The highest BCUT2D eigenvalue weighted by atomic mass is 28.4. The van der Waals surface area contributed by atoms with Gasteiger partial charge < -0.3 is 13.9 Å². The lowest BCUT2D eigenvalue weighted by atomic mass is 10.0. The standard InChI is InChI=1S/C20H30O4Si/c1-20(2,3)25(5,6)24-18(15-11-8-7-9-12-15)19-16(23-19)13-10-14-17(21)22-4/h7-12,14,16,18-19H,13H2,1-6H3/b14-10-/t16-,18-,19+/m1/s1. The SMILES string of the molecule is COC(=O)/C=C\C[C@H]1O[C@@H]1[C@H](O[Si](C)(C)C(C)(C)C)c1ccccc1. The van der Waals surface area contributed by atoms with Crippen LogP contribution in [0.1, 0.15) is 38.9 Å². The number of hydrogen-bond acceptors (Lipinski definition) is 4. The van der Waals surface area contributed by atoms with Gasteiger partial charge in [0.1, 0.15) is 6.10 Å². The lowest BCUT2D eigenvalue weighted by molar-refractivity contribution is -0.134. The summed E-state index contributed by atoms with van der Waals surface area (Å²) < 4.78 is 17.2. The van der Waals surface area contributed by atoms with E-state index in [0.29, 0.717) is 6.42 Å². The summed E-state index contributed by atoms with van der Waals surface area (Å²) in [5.41, 5.74) is 1.15. The maximum atomic E-state index is 11.2. The quantitative estimate of drug-likeness (QED) is 0.307. The third-order valence-corrected chi connectivity index (χ3v) is 9.56. The first-order valence-corrected chi connectivity index (χ1v) is 11.7. The van der Waals surface area contributed by atoms with Gasteiger partial charge in [0.25, 0.3) is 0 Å². The summed E-state index contributed by atoms with van der Waals surface area (Å²) in [6.07, 6.45) is 3.98. The molecule has 2 rings (SSSR count). The van der Waals surface area contributed by atoms with Crippen molar-refractivity contribution in [3.8, 4) is 0 Å². The van der Waals surface area contributed by atoms with E-state index in [1.807, 2.05) is 24.3 Å². The summed E-state index contributed by atoms with van der Waals surface area (Å²) in [5, 5.41) is 0.134. The van der Waals surface area contributed by atoms with Crippen LogP contribution in [0, 0.1) is 0 Å². The fraction of sp³-hybridized carbons (Fsp3) is 0.550. The number of esters is 1. The minimum atomic E-state index is -1.93. The van der Waals surface area contributed by atoms with Gasteiger partial charge in [-0.1, -0.05) is 57.2 Å². The van der Waals surface area contributed by atoms with E-state index in [1.165, 1.54) is 13.2 Å². The number of epoxide rings is 1. The monoisotopic (exact) mass is 362 g/mol. The van der Waals surface area contributed by atoms with Gasteiger partial charge in [-0.3, -0.25) is 0 Å². The van der Waals surface area contributed by atoms with Gasteiger partial charge in [-0.25, -0.2) is 4.79 Å². The first-order valence-electron chi connectivity index (χ1n) is 8.78. The molecule has 0 radical (unpaired) electrons. The Balaban J connectivity index is 2.10. The molecule has 1 heterocycles.